The highest BCUT2D eigenvalue weighted by Gasteiger charge is 2.30. The van der Waals surface area contributed by atoms with Gasteiger partial charge in [0, 0.05) is 13.5 Å². The maximum atomic E-state index is 11.9. The molecule has 0 aromatic rings. The van der Waals surface area contributed by atoms with Gasteiger partial charge in [-0.15, -0.1) is 0 Å². The van der Waals surface area contributed by atoms with Crippen LogP contribution in [0.1, 0.15) is 45.4 Å². The predicted molar refractivity (Wildman–Crippen MR) is 67.3 cm³/mol. The summed E-state index contributed by atoms with van der Waals surface area (Å²) in [5, 5.41) is 11.7. The summed E-state index contributed by atoms with van der Waals surface area (Å²) in [7, 11) is 1.50. The molecule has 1 rings (SSSR count). The van der Waals surface area contributed by atoms with Crippen LogP contribution in [-0.4, -0.2) is 36.2 Å². The molecule has 1 amide bonds. The Morgan fingerprint density at radius 2 is 2.00 bits per heavy atom. The molecule has 1 aliphatic rings. The average molecular weight is 257 g/mol. The van der Waals surface area contributed by atoms with E-state index < -0.39 is 11.5 Å². The average Bonchev–Trinajstić information content (AvgIpc) is 2.67. The molecule has 0 heterocycles. The lowest BCUT2D eigenvalue weighted by molar-refractivity contribution is -0.139. The third-order valence-electron chi connectivity index (χ3n) is 3.39. The van der Waals surface area contributed by atoms with Gasteiger partial charge in [-0.2, -0.15) is 0 Å². The van der Waals surface area contributed by atoms with Gasteiger partial charge >= 0.3 is 5.97 Å². The lowest BCUT2D eigenvalue weighted by atomic mass is 9.97. The molecule has 1 unspecified atom stereocenters. The number of carbonyl (C=O) groups is 2. The molecule has 5 nitrogen and oxygen atoms in total. The summed E-state index contributed by atoms with van der Waals surface area (Å²) in [5.41, 5.74) is -0.823. The van der Waals surface area contributed by atoms with E-state index in [9.17, 15) is 9.59 Å². The van der Waals surface area contributed by atoms with Gasteiger partial charge in [-0.1, -0.05) is 12.8 Å². The van der Waals surface area contributed by atoms with Crippen LogP contribution in [0.5, 0.6) is 0 Å². The Kier molecular flexibility index (Phi) is 5.59. The van der Waals surface area contributed by atoms with Crippen LogP contribution < -0.4 is 5.32 Å². The predicted octanol–water partition coefficient (Wildman–Crippen LogP) is 1.56. The second kappa shape index (κ2) is 6.73. The number of ether oxygens (including phenoxy) is 1. The van der Waals surface area contributed by atoms with Gasteiger partial charge in [-0.05, 0) is 25.7 Å². The zero-order valence-corrected chi connectivity index (χ0v) is 11.2. The molecule has 1 fully saturated rings. The van der Waals surface area contributed by atoms with Crippen LogP contribution >= 0.6 is 0 Å². The topological polar surface area (TPSA) is 75.6 Å². The molecule has 1 saturated carbocycles. The van der Waals surface area contributed by atoms with Crippen LogP contribution in [0.25, 0.3) is 0 Å². The standard InChI is InChI=1S/C13H23NO4/c1-13(9-18-2,8-12(16)17)14-11(15)7-10-5-3-4-6-10/h10H,3-9H2,1-2H3,(H,14,15)(H,16,17). The van der Waals surface area contributed by atoms with Gasteiger partial charge < -0.3 is 15.2 Å². The number of nitrogens with one attached hydrogen (secondary N) is 1. The Hall–Kier alpha value is -1.10. The summed E-state index contributed by atoms with van der Waals surface area (Å²) in [6.45, 7) is 1.91. The van der Waals surface area contributed by atoms with Crippen molar-refractivity contribution in [1.29, 1.82) is 0 Å². The van der Waals surface area contributed by atoms with Gasteiger partial charge in [-0.25, -0.2) is 0 Å². The van der Waals surface area contributed by atoms with Crippen molar-refractivity contribution in [2.45, 2.75) is 51.0 Å². The van der Waals surface area contributed by atoms with Crippen molar-refractivity contribution in [3.63, 3.8) is 0 Å². The molecular formula is C13H23NO4. The van der Waals surface area contributed by atoms with E-state index in [1.54, 1.807) is 6.92 Å². The largest absolute Gasteiger partial charge is 0.481 e. The fourth-order valence-corrected chi connectivity index (χ4v) is 2.65. The second-order valence-electron chi connectivity index (χ2n) is 5.47. The van der Waals surface area contributed by atoms with Crippen LogP contribution in [0.15, 0.2) is 0 Å². The van der Waals surface area contributed by atoms with Crippen LogP contribution in [-0.2, 0) is 14.3 Å². The van der Waals surface area contributed by atoms with Gasteiger partial charge in [0.25, 0.3) is 0 Å². The van der Waals surface area contributed by atoms with Crippen LogP contribution in [0, 0.1) is 5.92 Å². The van der Waals surface area contributed by atoms with Crippen molar-refractivity contribution in [1.82, 2.24) is 5.32 Å². The van der Waals surface area contributed by atoms with E-state index in [-0.39, 0.29) is 18.9 Å². The van der Waals surface area contributed by atoms with Gasteiger partial charge in [0.1, 0.15) is 0 Å². The second-order valence-corrected chi connectivity index (χ2v) is 5.47. The Bertz CT molecular complexity index is 299. The molecule has 0 saturated heterocycles. The maximum absolute atomic E-state index is 11.9. The zero-order valence-electron chi connectivity index (χ0n) is 11.2. The molecule has 0 spiro atoms. The van der Waals surface area contributed by atoms with E-state index in [4.69, 9.17) is 9.84 Å². The van der Waals surface area contributed by atoms with E-state index in [0.29, 0.717) is 12.3 Å². The van der Waals surface area contributed by atoms with Crippen molar-refractivity contribution >= 4 is 11.9 Å². The molecule has 0 bridgehead atoms. The van der Waals surface area contributed by atoms with E-state index in [1.165, 1.54) is 20.0 Å². The number of aliphatic carboxylic acids is 1. The Morgan fingerprint density at radius 1 is 1.39 bits per heavy atom. The molecule has 0 radical (unpaired) electrons. The normalized spacial score (nSPS) is 19.4. The molecular weight excluding hydrogens is 234 g/mol. The first kappa shape index (κ1) is 15.0. The summed E-state index contributed by atoms with van der Waals surface area (Å²) in [6, 6.07) is 0. The molecule has 18 heavy (non-hydrogen) atoms. The number of carboxylic acid groups (broad SMARTS) is 1. The summed E-state index contributed by atoms with van der Waals surface area (Å²) in [6.07, 6.45) is 4.97. The van der Waals surface area contributed by atoms with E-state index >= 15 is 0 Å². The van der Waals surface area contributed by atoms with Crippen molar-refractivity contribution in [3.05, 3.63) is 0 Å². The van der Waals surface area contributed by atoms with Gasteiger partial charge in [-0.3, -0.25) is 9.59 Å². The number of rotatable bonds is 7. The maximum Gasteiger partial charge on any atom is 0.305 e. The minimum atomic E-state index is -0.935. The van der Waals surface area contributed by atoms with Gasteiger partial charge in [0.05, 0.1) is 18.6 Å². The third kappa shape index (κ3) is 5.04. The first-order valence-electron chi connectivity index (χ1n) is 6.47. The minimum absolute atomic E-state index is 0.0669. The van der Waals surface area contributed by atoms with E-state index in [2.05, 4.69) is 5.32 Å². The molecule has 5 heteroatoms. The monoisotopic (exact) mass is 257 g/mol. The summed E-state index contributed by atoms with van der Waals surface area (Å²) in [4.78, 5) is 22.7. The molecule has 1 atom stereocenters. The highest BCUT2D eigenvalue weighted by atomic mass is 16.5. The highest BCUT2D eigenvalue weighted by Crippen LogP contribution is 2.27. The number of hydrogen-bond donors (Lipinski definition) is 2. The SMILES string of the molecule is COCC(C)(CC(=O)O)NC(=O)CC1CCCC1. The zero-order chi connectivity index (χ0) is 13.6. The van der Waals surface area contributed by atoms with E-state index in [1.807, 2.05) is 0 Å². The van der Waals surface area contributed by atoms with Crippen molar-refractivity contribution in [2.75, 3.05) is 13.7 Å². The van der Waals surface area contributed by atoms with Crippen LogP contribution in [0.2, 0.25) is 0 Å². The molecule has 1 aliphatic carbocycles. The summed E-state index contributed by atoms with van der Waals surface area (Å²) in [5.74, 6) is -0.542. The lowest BCUT2D eigenvalue weighted by Crippen LogP contribution is -2.51. The quantitative estimate of drug-likeness (QED) is 0.725. The first-order valence-corrected chi connectivity index (χ1v) is 6.47. The number of hydrogen-bond acceptors (Lipinski definition) is 3. The van der Waals surface area contributed by atoms with Crippen LogP contribution in [0.4, 0.5) is 0 Å². The first-order chi connectivity index (χ1) is 8.45. The molecule has 0 aliphatic heterocycles. The van der Waals surface area contributed by atoms with Crippen LogP contribution in [0.3, 0.4) is 0 Å². The molecule has 104 valence electrons. The minimum Gasteiger partial charge on any atom is -0.481 e. The van der Waals surface area contributed by atoms with Gasteiger partial charge in [0.2, 0.25) is 5.91 Å². The number of carbonyl (C=O) groups excluding carboxylic acids is 1. The Balaban J connectivity index is 2.48. The summed E-state index contributed by atoms with van der Waals surface area (Å²) >= 11 is 0. The smallest absolute Gasteiger partial charge is 0.305 e. The molecule has 0 aromatic carbocycles. The van der Waals surface area contributed by atoms with Crippen molar-refractivity contribution in [3.8, 4) is 0 Å². The Labute approximate surface area is 108 Å². The summed E-state index contributed by atoms with van der Waals surface area (Å²) < 4.78 is 5.00. The third-order valence-corrected chi connectivity index (χ3v) is 3.39. The van der Waals surface area contributed by atoms with Crippen molar-refractivity contribution < 1.29 is 19.4 Å². The lowest BCUT2D eigenvalue weighted by Gasteiger charge is -2.29. The molecule has 2 N–H and O–H groups in total. The fraction of sp³-hybridized carbons (Fsp3) is 0.846. The fourth-order valence-electron chi connectivity index (χ4n) is 2.65. The van der Waals surface area contributed by atoms with Gasteiger partial charge in [0.15, 0.2) is 0 Å². The molecule has 0 aromatic heterocycles. The van der Waals surface area contributed by atoms with E-state index in [0.717, 1.165) is 12.8 Å². The highest BCUT2D eigenvalue weighted by molar-refractivity contribution is 5.78. The number of carboxylic acids is 1. The number of amides is 1. The Morgan fingerprint density at radius 3 is 2.50 bits per heavy atom. The van der Waals surface area contributed by atoms with Crippen molar-refractivity contribution in [2.24, 2.45) is 5.92 Å². The number of methoxy groups -OCH3 is 1.